The Labute approximate surface area is 161 Å². The normalized spacial score (nSPS) is 11.3. The largest absolute Gasteiger partial charge is 0.383 e. The first-order chi connectivity index (χ1) is 13.3. The quantitative estimate of drug-likeness (QED) is 0.459. The van der Waals surface area contributed by atoms with Crippen LogP contribution in [0.15, 0.2) is 53.9 Å². The predicted octanol–water partition coefficient (Wildman–Crippen LogP) is 3.17. The molecule has 0 aliphatic heterocycles. The molecule has 0 saturated heterocycles. The Hall–Kier alpha value is -2.71. The average molecular weight is 380 g/mol. The summed E-state index contributed by atoms with van der Waals surface area (Å²) in [6.45, 7) is 1.28. The second-order valence-corrected chi connectivity index (χ2v) is 6.99. The van der Waals surface area contributed by atoms with Gasteiger partial charge in [0.05, 0.1) is 29.9 Å². The Morgan fingerprint density at radius 2 is 1.89 bits per heavy atom. The molecular formula is C19H20N6OS. The molecule has 0 atom stereocenters. The van der Waals surface area contributed by atoms with E-state index in [2.05, 4.69) is 30.4 Å². The van der Waals surface area contributed by atoms with E-state index in [1.54, 1.807) is 31.3 Å². The number of aromatic nitrogens is 6. The van der Waals surface area contributed by atoms with Crippen molar-refractivity contribution in [2.45, 2.75) is 17.5 Å². The molecule has 3 aromatic heterocycles. The van der Waals surface area contributed by atoms with Gasteiger partial charge in [-0.3, -0.25) is 9.55 Å². The zero-order chi connectivity index (χ0) is 18.6. The number of benzene rings is 1. The van der Waals surface area contributed by atoms with Crippen LogP contribution in [0, 0.1) is 0 Å². The van der Waals surface area contributed by atoms with E-state index in [0.717, 1.165) is 33.4 Å². The molecule has 1 aromatic carbocycles. The number of thioether (sulfide) groups is 1. The van der Waals surface area contributed by atoms with Crippen LogP contribution in [0.2, 0.25) is 0 Å². The molecule has 7 nitrogen and oxygen atoms in total. The molecule has 4 rings (SSSR count). The number of imidazole rings is 1. The summed E-state index contributed by atoms with van der Waals surface area (Å²) in [6.07, 6.45) is 3.52. The molecule has 4 aromatic rings. The summed E-state index contributed by atoms with van der Waals surface area (Å²) in [5.74, 6) is 2.54. The lowest BCUT2D eigenvalue weighted by Gasteiger charge is -2.09. The van der Waals surface area contributed by atoms with E-state index < -0.39 is 0 Å². The minimum absolute atomic E-state index is 0.593. The van der Waals surface area contributed by atoms with Crippen LogP contribution in [-0.4, -0.2) is 43.0 Å². The van der Waals surface area contributed by atoms with E-state index in [4.69, 9.17) is 9.72 Å². The molecule has 0 aliphatic rings. The van der Waals surface area contributed by atoms with Gasteiger partial charge in [-0.1, -0.05) is 23.9 Å². The number of nitrogens with zero attached hydrogens (tertiary/aromatic N) is 6. The monoisotopic (exact) mass is 380 g/mol. The van der Waals surface area contributed by atoms with Crippen LogP contribution in [0.3, 0.4) is 0 Å². The van der Waals surface area contributed by atoms with Crippen LogP contribution in [0.25, 0.3) is 22.4 Å². The number of hydrogen-bond donors (Lipinski definition) is 0. The van der Waals surface area contributed by atoms with E-state index in [-0.39, 0.29) is 0 Å². The van der Waals surface area contributed by atoms with Crippen molar-refractivity contribution in [2.75, 3.05) is 13.7 Å². The highest BCUT2D eigenvalue weighted by atomic mass is 32.2. The van der Waals surface area contributed by atoms with Crippen molar-refractivity contribution in [2.24, 2.45) is 7.05 Å². The molecule has 0 aliphatic carbocycles. The van der Waals surface area contributed by atoms with Crippen LogP contribution in [-0.2, 0) is 24.1 Å². The number of hydrogen-bond acceptors (Lipinski definition) is 6. The van der Waals surface area contributed by atoms with E-state index in [0.29, 0.717) is 18.9 Å². The number of pyridine rings is 1. The minimum atomic E-state index is 0.593. The van der Waals surface area contributed by atoms with Crippen molar-refractivity contribution >= 4 is 22.8 Å². The van der Waals surface area contributed by atoms with Crippen molar-refractivity contribution in [1.29, 1.82) is 0 Å². The second-order valence-electron chi connectivity index (χ2n) is 6.05. The Kier molecular flexibility index (Phi) is 5.17. The summed E-state index contributed by atoms with van der Waals surface area (Å²) in [5.41, 5.74) is 3.13. The highest BCUT2D eigenvalue weighted by Gasteiger charge is 2.16. The van der Waals surface area contributed by atoms with Crippen LogP contribution in [0.4, 0.5) is 0 Å². The summed E-state index contributed by atoms with van der Waals surface area (Å²) < 4.78 is 9.48. The Morgan fingerprint density at radius 3 is 2.67 bits per heavy atom. The number of fused-ring (bicyclic) bond motifs is 1. The van der Waals surface area contributed by atoms with E-state index in [9.17, 15) is 0 Å². The lowest BCUT2D eigenvalue weighted by atomic mass is 10.2. The molecule has 27 heavy (non-hydrogen) atoms. The second kappa shape index (κ2) is 7.89. The lowest BCUT2D eigenvalue weighted by Crippen LogP contribution is -2.08. The third kappa shape index (κ3) is 3.58. The molecular weight excluding hydrogens is 360 g/mol. The minimum Gasteiger partial charge on any atom is -0.383 e. The Bertz CT molecular complexity index is 1040. The van der Waals surface area contributed by atoms with Crippen LogP contribution >= 0.6 is 11.8 Å². The maximum absolute atomic E-state index is 5.27. The molecule has 8 heteroatoms. The molecule has 0 amide bonds. The van der Waals surface area contributed by atoms with Gasteiger partial charge < -0.3 is 9.30 Å². The number of methoxy groups -OCH3 is 1. The molecule has 0 bridgehead atoms. The predicted molar refractivity (Wildman–Crippen MR) is 105 cm³/mol. The number of rotatable bonds is 7. The molecule has 0 N–H and O–H groups in total. The molecule has 138 valence electrons. The van der Waals surface area contributed by atoms with Gasteiger partial charge in [0.1, 0.15) is 5.82 Å². The molecule has 0 radical (unpaired) electrons. The zero-order valence-corrected chi connectivity index (χ0v) is 16.1. The molecule has 0 unspecified atom stereocenters. The molecule has 0 spiro atoms. The topological polar surface area (TPSA) is 70.7 Å². The van der Waals surface area contributed by atoms with E-state index in [1.165, 1.54) is 0 Å². The van der Waals surface area contributed by atoms with Gasteiger partial charge in [0.25, 0.3) is 0 Å². The molecule has 3 heterocycles. The summed E-state index contributed by atoms with van der Waals surface area (Å²) in [4.78, 5) is 8.81. The number of para-hydroxylation sites is 2. The third-order valence-corrected chi connectivity index (χ3v) is 5.35. The highest BCUT2D eigenvalue weighted by Crippen LogP contribution is 2.27. The van der Waals surface area contributed by atoms with Crippen molar-refractivity contribution < 1.29 is 4.74 Å². The van der Waals surface area contributed by atoms with Gasteiger partial charge >= 0.3 is 0 Å². The number of aryl methyl sites for hydroxylation is 1. The average Bonchev–Trinajstić information content (AvgIpc) is 3.26. The fourth-order valence-corrected chi connectivity index (χ4v) is 3.90. The standard InChI is InChI=1S/C19H20N6OS/c1-24-16-6-4-3-5-15(16)21-17(24)13-27-19-23-22-18(25(19)11-12-26-2)14-7-9-20-10-8-14/h3-10H,11-13H2,1-2H3. The smallest absolute Gasteiger partial charge is 0.192 e. The fraction of sp³-hybridized carbons (Fsp3) is 0.263. The highest BCUT2D eigenvalue weighted by molar-refractivity contribution is 7.98. The van der Waals surface area contributed by atoms with Gasteiger partial charge in [-0.15, -0.1) is 10.2 Å². The molecule has 0 saturated carbocycles. The van der Waals surface area contributed by atoms with Gasteiger partial charge in [0.2, 0.25) is 0 Å². The van der Waals surface area contributed by atoms with Gasteiger partial charge in [0, 0.05) is 32.1 Å². The van der Waals surface area contributed by atoms with Gasteiger partial charge in [-0.25, -0.2) is 4.98 Å². The van der Waals surface area contributed by atoms with Crippen LogP contribution < -0.4 is 0 Å². The summed E-state index contributed by atoms with van der Waals surface area (Å²) >= 11 is 1.63. The van der Waals surface area contributed by atoms with Gasteiger partial charge in [0.15, 0.2) is 11.0 Å². The lowest BCUT2D eigenvalue weighted by molar-refractivity contribution is 0.185. The molecule has 0 fully saturated rings. The number of ether oxygens (including phenoxy) is 1. The summed E-state index contributed by atoms with van der Waals surface area (Å²) in [7, 11) is 3.74. The van der Waals surface area contributed by atoms with Crippen LogP contribution in [0.5, 0.6) is 0 Å². The maximum atomic E-state index is 5.27. The summed E-state index contributed by atoms with van der Waals surface area (Å²) in [5, 5.41) is 9.66. The van der Waals surface area contributed by atoms with E-state index in [1.807, 2.05) is 37.4 Å². The Morgan fingerprint density at radius 1 is 1.07 bits per heavy atom. The van der Waals surface area contributed by atoms with Gasteiger partial charge in [-0.05, 0) is 24.3 Å². The third-order valence-electron chi connectivity index (χ3n) is 4.38. The van der Waals surface area contributed by atoms with Crippen molar-refractivity contribution in [3.8, 4) is 11.4 Å². The van der Waals surface area contributed by atoms with Crippen molar-refractivity contribution in [1.82, 2.24) is 29.3 Å². The zero-order valence-electron chi connectivity index (χ0n) is 15.2. The van der Waals surface area contributed by atoms with Crippen molar-refractivity contribution in [3.05, 3.63) is 54.6 Å². The Balaban J connectivity index is 1.61. The maximum Gasteiger partial charge on any atom is 0.192 e. The fourth-order valence-electron chi connectivity index (χ4n) is 2.95. The SMILES string of the molecule is COCCn1c(SCc2nc3ccccc3n2C)nnc1-c1ccncc1. The van der Waals surface area contributed by atoms with Crippen LogP contribution in [0.1, 0.15) is 5.82 Å². The first kappa shape index (κ1) is 17.7. The van der Waals surface area contributed by atoms with Gasteiger partial charge in [-0.2, -0.15) is 0 Å². The first-order valence-corrected chi connectivity index (χ1v) is 9.62. The first-order valence-electron chi connectivity index (χ1n) is 8.63. The van der Waals surface area contributed by atoms with Crippen molar-refractivity contribution in [3.63, 3.8) is 0 Å². The van der Waals surface area contributed by atoms with E-state index >= 15 is 0 Å². The summed E-state index contributed by atoms with van der Waals surface area (Å²) in [6, 6.07) is 12.0.